The number of benzene rings is 4. The fourth-order valence-electron chi connectivity index (χ4n) is 4.19. The van der Waals surface area contributed by atoms with Crippen molar-refractivity contribution in [2.24, 2.45) is 0 Å². The van der Waals surface area contributed by atoms with Crippen LogP contribution in [0.2, 0.25) is 0 Å². The van der Waals surface area contributed by atoms with Gasteiger partial charge in [0.25, 0.3) is 5.44 Å². The van der Waals surface area contributed by atoms with Gasteiger partial charge in [-0.25, -0.2) is 4.85 Å². The zero-order chi connectivity index (χ0) is 28.0. The topological polar surface area (TPSA) is 65.1 Å². The Hall–Kier alpha value is -4.50. The first kappa shape index (κ1) is 27.1. The number of hydrogen-bond donors (Lipinski definition) is 2. The zero-order valence-corrected chi connectivity index (χ0v) is 23.0. The van der Waals surface area contributed by atoms with E-state index in [2.05, 4.69) is 82.6 Å². The van der Waals surface area contributed by atoms with Gasteiger partial charge in [0.1, 0.15) is 0 Å². The van der Waals surface area contributed by atoms with Crippen LogP contribution in [0.3, 0.4) is 0 Å². The fourth-order valence-corrected chi connectivity index (χ4v) is 5.55. The maximum absolute atomic E-state index is 11.4. The van der Waals surface area contributed by atoms with Crippen molar-refractivity contribution in [1.29, 1.82) is 0 Å². The monoisotopic (exact) mass is 560 g/mol. The molecule has 0 aliphatic carbocycles. The molecule has 0 fully saturated rings. The Morgan fingerprint density at radius 2 is 1.25 bits per heavy atom. The molecule has 0 aliphatic rings. The van der Waals surface area contributed by atoms with Crippen LogP contribution in [0.25, 0.3) is 33.5 Å². The Morgan fingerprint density at radius 3 is 1.80 bits per heavy atom. The van der Waals surface area contributed by atoms with Crippen molar-refractivity contribution in [3.63, 3.8) is 0 Å². The third-order valence-corrected chi connectivity index (χ3v) is 8.08. The van der Waals surface area contributed by atoms with Gasteiger partial charge in [-0.3, -0.25) is 4.57 Å². The summed E-state index contributed by atoms with van der Waals surface area (Å²) < 4.78 is 11.4. The van der Waals surface area contributed by atoms with Crippen LogP contribution in [0.15, 0.2) is 127 Å². The van der Waals surface area contributed by atoms with Crippen molar-refractivity contribution in [2.45, 2.75) is 0 Å². The molecule has 5 nitrogen and oxygen atoms in total. The maximum Gasteiger partial charge on any atom is 0.358 e. The van der Waals surface area contributed by atoms with Gasteiger partial charge in [-0.2, -0.15) is 0 Å². The summed E-state index contributed by atoms with van der Waals surface area (Å²) in [5.41, 5.74) is 5.36. The molecule has 5 aromatic rings. The van der Waals surface area contributed by atoms with E-state index < -0.39 is 13.0 Å². The first-order valence-electron chi connectivity index (χ1n) is 12.4. The molecule has 0 spiro atoms. The van der Waals surface area contributed by atoms with E-state index in [1.165, 1.54) is 6.08 Å². The average molecular weight is 561 g/mol. The second-order valence-electron chi connectivity index (χ2n) is 8.91. The largest absolute Gasteiger partial charge is 0.358 e. The molecule has 7 heteroatoms. The second kappa shape index (κ2) is 12.1. The molecule has 4 aromatic carbocycles. The first-order chi connectivity index (χ1) is 19.4. The molecule has 196 valence electrons. The summed E-state index contributed by atoms with van der Waals surface area (Å²) in [5, 5.41) is 0. The Kier molecular flexibility index (Phi) is 8.21. The maximum atomic E-state index is 11.4. The summed E-state index contributed by atoms with van der Waals surface area (Å²) in [5.74, 6) is 0. The van der Waals surface area contributed by atoms with Crippen LogP contribution >= 0.6 is 18.9 Å². The second-order valence-corrected chi connectivity index (χ2v) is 11.6. The lowest BCUT2D eigenvalue weighted by molar-refractivity contribution is 0.383. The summed E-state index contributed by atoms with van der Waals surface area (Å²) in [4.78, 5) is 25.9. The van der Waals surface area contributed by atoms with Gasteiger partial charge in [-0.1, -0.05) is 78.9 Å². The van der Waals surface area contributed by atoms with Crippen molar-refractivity contribution < 1.29 is 14.4 Å². The summed E-state index contributed by atoms with van der Waals surface area (Å²) in [6.07, 6.45) is 5.41. The third kappa shape index (κ3) is 6.55. The van der Waals surface area contributed by atoms with Crippen LogP contribution in [-0.2, 0) is 4.57 Å². The molecular formula is C33H25N2O3PS. The van der Waals surface area contributed by atoms with Gasteiger partial charge < -0.3 is 14.7 Å². The third-order valence-electron chi connectivity index (χ3n) is 6.15. The van der Waals surface area contributed by atoms with E-state index in [0.717, 1.165) is 37.9 Å². The fraction of sp³-hybridized carbons (Fsp3) is 0. The van der Waals surface area contributed by atoms with E-state index in [1.807, 2.05) is 48.5 Å². The quantitative estimate of drug-likeness (QED) is 0.147. The van der Waals surface area contributed by atoms with Gasteiger partial charge in [0, 0.05) is 26.8 Å². The Bertz CT molecular complexity index is 1690. The van der Waals surface area contributed by atoms with E-state index in [-0.39, 0.29) is 0 Å². The van der Waals surface area contributed by atoms with Crippen LogP contribution in [-0.4, -0.2) is 9.79 Å². The minimum atomic E-state index is -4.58. The number of thiophene rings is 1. The molecule has 0 saturated carbocycles. The minimum absolute atomic E-state index is 0.565. The van der Waals surface area contributed by atoms with E-state index >= 15 is 0 Å². The first-order valence-corrected chi connectivity index (χ1v) is 14.9. The lowest BCUT2D eigenvalue weighted by Crippen LogP contribution is -2.09. The Morgan fingerprint density at radius 1 is 0.700 bits per heavy atom. The van der Waals surface area contributed by atoms with Crippen molar-refractivity contribution in [1.82, 2.24) is 0 Å². The molecule has 0 unspecified atom stereocenters. The normalized spacial score (nSPS) is 11.9. The molecule has 0 radical (unpaired) electrons. The van der Waals surface area contributed by atoms with E-state index in [0.29, 0.717) is 5.56 Å². The summed E-state index contributed by atoms with van der Waals surface area (Å²) in [6.45, 7) is 7.00. The molecule has 0 atom stereocenters. The van der Waals surface area contributed by atoms with Gasteiger partial charge in [-0.15, -0.1) is 11.3 Å². The highest BCUT2D eigenvalue weighted by Crippen LogP contribution is 2.46. The van der Waals surface area contributed by atoms with Crippen molar-refractivity contribution in [3.8, 4) is 10.4 Å². The SMILES string of the molecule is [C-]#[N+]/C(=C\c1ccc(-c2ccc(/C=C/c3ccc(N(c4ccccc4)c4ccccc4)cc3)s2)cc1)P(=O)(O)O. The number of anilines is 3. The van der Waals surface area contributed by atoms with E-state index in [4.69, 9.17) is 6.57 Å². The molecule has 5 rings (SSSR count). The molecule has 2 N–H and O–H groups in total. The standard InChI is InChI=1S/C33H25N2O3PS/c1-34-33(39(36,37)38)24-26-12-17-27(18-13-26)32-23-22-31(40-32)21-16-25-14-19-30(20-15-25)35(28-8-4-2-5-9-28)29-10-6-3-7-11-29/h2-24H,(H2,36,37,38)/b21-16+,33-24+. The molecule has 1 aromatic heterocycles. The lowest BCUT2D eigenvalue weighted by Gasteiger charge is -2.25. The van der Waals surface area contributed by atoms with Crippen LogP contribution in [0, 0.1) is 6.57 Å². The van der Waals surface area contributed by atoms with Gasteiger partial charge in [0.2, 0.25) is 0 Å². The van der Waals surface area contributed by atoms with Gasteiger partial charge in [0.05, 0.1) is 6.57 Å². The number of nitrogens with zero attached hydrogens (tertiary/aromatic N) is 2. The molecule has 40 heavy (non-hydrogen) atoms. The van der Waals surface area contributed by atoms with Crippen molar-refractivity contribution >= 4 is 54.2 Å². The predicted molar refractivity (Wildman–Crippen MR) is 166 cm³/mol. The lowest BCUT2D eigenvalue weighted by atomic mass is 10.1. The molecule has 1 heterocycles. The van der Waals surface area contributed by atoms with Crippen LogP contribution in [0.4, 0.5) is 17.1 Å². The van der Waals surface area contributed by atoms with Crippen LogP contribution < -0.4 is 4.90 Å². The molecular weight excluding hydrogens is 535 g/mol. The molecule has 0 amide bonds. The molecule has 0 bridgehead atoms. The smallest absolute Gasteiger partial charge is 0.329 e. The minimum Gasteiger partial charge on any atom is -0.329 e. The number of rotatable bonds is 8. The average Bonchev–Trinajstić information content (AvgIpc) is 3.46. The Labute approximate surface area is 237 Å². The highest BCUT2D eigenvalue weighted by Gasteiger charge is 2.21. The summed E-state index contributed by atoms with van der Waals surface area (Å²) in [6, 6.07) is 40.5. The van der Waals surface area contributed by atoms with E-state index in [9.17, 15) is 14.4 Å². The zero-order valence-electron chi connectivity index (χ0n) is 21.3. The summed E-state index contributed by atoms with van der Waals surface area (Å²) >= 11 is 1.65. The van der Waals surface area contributed by atoms with Crippen molar-refractivity contribution in [2.75, 3.05) is 4.90 Å². The number of hydrogen-bond acceptors (Lipinski definition) is 3. The van der Waals surface area contributed by atoms with Crippen LogP contribution in [0.5, 0.6) is 0 Å². The molecule has 0 saturated heterocycles. The molecule has 0 aliphatic heterocycles. The predicted octanol–water partition coefficient (Wildman–Crippen LogP) is 9.45. The summed E-state index contributed by atoms with van der Waals surface area (Å²) in [7, 11) is -4.58. The van der Waals surface area contributed by atoms with Gasteiger partial charge >= 0.3 is 7.60 Å². The van der Waals surface area contributed by atoms with Crippen LogP contribution in [0.1, 0.15) is 16.0 Å². The van der Waals surface area contributed by atoms with Gasteiger partial charge in [0.15, 0.2) is 0 Å². The van der Waals surface area contributed by atoms with E-state index in [1.54, 1.807) is 23.5 Å². The highest BCUT2D eigenvalue weighted by atomic mass is 32.1. The van der Waals surface area contributed by atoms with Crippen molar-refractivity contribution in [3.05, 3.63) is 154 Å². The Balaban J connectivity index is 1.31. The highest BCUT2D eigenvalue weighted by molar-refractivity contribution is 7.56. The van der Waals surface area contributed by atoms with Gasteiger partial charge in [-0.05, 0) is 77.4 Å². The number of para-hydroxylation sites is 2.